The van der Waals surface area contributed by atoms with Crippen molar-refractivity contribution in [3.63, 3.8) is 0 Å². The molecule has 0 spiro atoms. The van der Waals surface area contributed by atoms with Gasteiger partial charge in [0.2, 0.25) is 0 Å². The number of non-ortho nitro benzene ring substituents is 1. The van der Waals surface area contributed by atoms with Gasteiger partial charge in [-0.15, -0.1) is 0 Å². The molecular weight excluding hydrogens is 404 g/mol. The fourth-order valence-corrected chi connectivity index (χ4v) is 3.16. The van der Waals surface area contributed by atoms with Crippen LogP contribution in [0.4, 0.5) is 5.69 Å². The van der Waals surface area contributed by atoms with Crippen LogP contribution in [0.2, 0.25) is 5.02 Å². The zero-order valence-corrected chi connectivity index (χ0v) is 17.9. The van der Waals surface area contributed by atoms with Crippen LogP contribution in [-0.4, -0.2) is 18.1 Å². The molecular formula is C23H25ClN2O4. The normalized spacial score (nSPS) is 11.1. The summed E-state index contributed by atoms with van der Waals surface area (Å²) >= 11 is 6.45. The number of hydrogen-bond donors (Lipinski definition) is 0. The first-order valence-corrected chi connectivity index (χ1v) is 10.3. The van der Waals surface area contributed by atoms with Gasteiger partial charge in [0.15, 0.2) is 11.5 Å². The molecule has 0 aliphatic rings. The van der Waals surface area contributed by atoms with E-state index in [9.17, 15) is 15.4 Å². The van der Waals surface area contributed by atoms with E-state index in [-0.39, 0.29) is 5.69 Å². The van der Waals surface area contributed by atoms with Crippen LogP contribution in [0.1, 0.15) is 50.7 Å². The Balaban J connectivity index is 2.29. The molecule has 0 aliphatic carbocycles. The highest BCUT2D eigenvalue weighted by Crippen LogP contribution is 2.38. The molecule has 0 saturated carbocycles. The molecule has 7 heteroatoms. The molecule has 6 nitrogen and oxygen atoms in total. The molecule has 0 fully saturated rings. The number of ether oxygens (including phenoxy) is 2. The second kappa shape index (κ2) is 11.8. The summed E-state index contributed by atoms with van der Waals surface area (Å²) in [5.41, 5.74) is 1.58. The second-order valence-electron chi connectivity index (χ2n) is 6.65. The Bertz CT molecular complexity index is 933. The lowest BCUT2D eigenvalue weighted by Gasteiger charge is -2.14. The van der Waals surface area contributed by atoms with Gasteiger partial charge in [0, 0.05) is 12.1 Å². The molecule has 2 aromatic rings. The summed E-state index contributed by atoms with van der Waals surface area (Å²) in [7, 11) is 0. The topological polar surface area (TPSA) is 85.4 Å². The Morgan fingerprint density at radius 1 is 1.17 bits per heavy atom. The van der Waals surface area contributed by atoms with Crippen LogP contribution in [0.25, 0.3) is 11.6 Å². The second-order valence-corrected chi connectivity index (χ2v) is 7.05. The maximum absolute atomic E-state index is 10.8. The van der Waals surface area contributed by atoms with Crippen molar-refractivity contribution in [3.8, 4) is 17.6 Å². The fraction of sp³-hybridized carbons (Fsp3) is 0.348. The number of unbranched alkanes of at least 4 members (excludes halogenated alkanes) is 3. The molecule has 0 N–H and O–H groups in total. The predicted molar refractivity (Wildman–Crippen MR) is 119 cm³/mol. The largest absolute Gasteiger partial charge is 0.490 e. The minimum atomic E-state index is -0.478. The van der Waals surface area contributed by atoms with E-state index >= 15 is 0 Å². The highest BCUT2D eigenvalue weighted by Gasteiger charge is 2.13. The molecule has 0 bridgehead atoms. The SMILES string of the molecule is CCCCCCOc1c(Cl)cc(/C=C(\C#N)c2ccc([N+](=O)[O-])cc2)cc1OCC. The highest BCUT2D eigenvalue weighted by atomic mass is 35.5. The van der Waals surface area contributed by atoms with Crippen LogP contribution in [0, 0.1) is 21.4 Å². The lowest BCUT2D eigenvalue weighted by Crippen LogP contribution is -2.02. The first-order chi connectivity index (χ1) is 14.5. The summed E-state index contributed by atoms with van der Waals surface area (Å²) in [4.78, 5) is 10.3. The fourth-order valence-electron chi connectivity index (χ4n) is 2.89. The Labute approximate surface area is 181 Å². The molecule has 0 aromatic heterocycles. The summed E-state index contributed by atoms with van der Waals surface area (Å²) in [6.07, 6.45) is 6.02. The van der Waals surface area contributed by atoms with E-state index in [0.29, 0.717) is 46.4 Å². The molecule has 0 aliphatic heterocycles. The van der Waals surface area contributed by atoms with Gasteiger partial charge in [-0.1, -0.05) is 37.8 Å². The lowest BCUT2D eigenvalue weighted by atomic mass is 10.0. The molecule has 0 heterocycles. The molecule has 0 atom stereocenters. The number of benzene rings is 2. The van der Waals surface area contributed by atoms with E-state index in [4.69, 9.17) is 21.1 Å². The smallest absolute Gasteiger partial charge is 0.269 e. The zero-order valence-electron chi connectivity index (χ0n) is 17.2. The third-order valence-corrected chi connectivity index (χ3v) is 4.68. The standard InChI is InChI=1S/C23H25ClN2O4/c1-3-5-6-7-12-30-23-21(24)14-17(15-22(23)29-4-2)13-19(16-25)18-8-10-20(11-9-18)26(27)28/h8-11,13-15H,3-7,12H2,1-2H3/b19-13+. The van der Waals surface area contributed by atoms with E-state index in [0.717, 1.165) is 19.3 Å². The van der Waals surface area contributed by atoms with Gasteiger partial charge in [-0.3, -0.25) is 10.1 Å². The molecule has 0 saturated heterocycles. The molecule has 158 valence electrons. The first kappa shape index (κ1) is 23.2. The Hall–Kier alpha value is -3.04. The van der Waals surface area contributed by atoms with Crippen LogP contribution in [0.5, 0.6) is 11.5 Å². The van der Waals surface area contributed by atoms with Gasteiger partial charge in [0.1, 0.15) is 0 Å². The number of nitro benzene ring substituents is 1. The highest BCUT2D eigenvalue weighted by molar-refractivity contribution is 6.32. The number of nitrogens with zero attached hydrogens (tertiary/aromatic N) is 2. The average molecular weight is 429 g/mol. The van der Waals surface area contributed by atoms with Gasteiger partial charge < -0.3 is 9.47 Å². The Morgan fingerprint density at radius 3 is 2.50 bits per heavy atom. The number of nitriles is 1. The van der Waals surface area contributed by atoms with Crippen molar-refractivity contribution in [2.75, 3.05) is 13.2 Å². The van der Waals surface area contributed by atoms with E-state index in [1.807, 2.05) is 6.92 Å². The third-order valence-electron chi connectivity index (χ3n) is 4.40. The summed E-state index contributed by atoms with van der Waals surface area (Å²) in [6, 6.07) is 11.5. The third kappa shape index (κ3) is 6.50. The van der Waals surface area contributed by atoms with Crippen molar-refractivity contribution < 1.29 is 14.4 Å². The Kier molecular flexibility index (Phi) is 9.17. The van der Waals surface area contributed by atoms with Gasteiger partial charge in [0.25, 0.3) is 5.69 Å². The monoisotopic (exact) mass is 428 g/mol. The summed E-state index contributed by atoms with van der Waals surface area (Å²) in [5.74, 6) is 1.02. The number of allylic oxidation sites excluding steroid dienone is 1. The summed E-state index contributed by atoms with van der Waals surface area (Å²) in [5, 5.41) is 20.8. The maximum atomic E-state index is 10.8. The zero-order chi connectivity index (χ0) is 21.9. The number of hydrogen-bond acceptors (Lipinski definition) is 5. The van der Waals surface area contributed by atoms with Crippen molar-refractivity contribution in [2.24, 2.45) is 0 Å². The molecule has 0 amide bonds. The van der Waals surface area contributed by atoms with Crippen molar-refractivity contribution in [2.45, 2.75) is 39.5 Å². The number of nitro groups is 1. The van der Waals surface area contributed by atoms with Gasteiger partial charge in [-0.05, 0) is 54.8 Å². The van der Waals surface area contributed by atoms with Crippen LogP contribution >= 0.6 is 11.6 Å². The van der Waals surface area contributed by atoms with Crippen molar-refractivity contribution in [1.29, 1.82) is 5.26 Å². The maximum Gasteiger partial charge on any atom is 0.269 e. The molecule has 0 radical (unpaired) electrons. The molecule has 2 rings (SSSR count). The minimum Gasteiger partial charge on any atom is -0.490 e. The Morgan fingerprint density at radius 2 is 1.90 bits per heavy atom. The van der Waals surface area contributed by atoms with E-state index in [1.165, 1.54) is 18.6 Å². The van der Waals surface area contributed by atoms with E-state index in [1.54, 1.807) is 30.3 Å². The van der Waals surface area contributed by atoms with Gasteiger partial charge in [-0.25, -0.2) is 0 Å². The van der Waals surface area contributed by atoms with Crippen LogP contribution in [0.3, 0.4) is 0 Å². The van der Waals surface area contributed by atoms with Gasteiger partial charge >= 0.3 is 0 Å². The minimum absolute atomic E-state index is 0.0295. The van der Waals surface area contributed by atoms with Gasteiger partial charge in [0.05, 0.1) is 34.8 Å². The molecule has 2 aromatic carbocycles. The van der Waals surface area contributed by atoms with E-state index < -0.39 is 4.92 Å². The number of rotatable bonds is 11. The van der Waals surface area contributed by atoms with Crippen LogP contribution in [0.15, 0.2) is 36.4 Å². The predicted octanol–water partition coefficient (Wildman–Crippen LogP) is 6.67. The van der Waals surface area contributed by atoms with Crippen molar-refractivity contribution in [3.05, 3.63) is 62.7 Å². The summed E-state index contributed by atoms with van der Waals surface area (Å²) in [6.45, 7) is 5.03. The van der Waals surface area contributed by atoms with Crippen molar-refractivity contribution in [1.82, 2.24) is 0 Å². The van der Waals surface area contributed by atoms with Crippen molar-refractivity contribution >= 4 is 28.9 Å². The molecule has 0 unspecified atom stereocenters. The first-order valence-electron chi connectivity index (χ1n) is 9.95. The summed E-state index contributed by atoms with van der Waals surface area (Å²) < 4.78 is 11.6. The van der Waals surface area contributed by atoms with E-state index in [2.05, 4.69) is 13.0 Å². The number of halogens is 1. The van der Waals surface area contributed by atoms with Crippen LogP contribution in [-0.2, 0) is 0 Å². The van der Waals surface area contributed by atoms with Gasteiger partial charge in [-0.2, -0.15) is 5.26 Å². The van der Waals surface area contributed by atoms with Crippen LogP contribution < -0.4 is 9.47 Å². The molecule has 30 heavy (non-hydrogen) atoms. The lowest BCUT2D eigenvalue weighted by molar-refractivity contribution is -0.384. The average Bonchev–Trinajstić information content (AvgIpc) is 2.73. The quantitative estimate of drug-likeness (QED) is 0.131.